The van der Waals surface area contributed by atoms with Gasteiger partial charge in [0, 0.05) is 38.5 Å². The molecule has 2 rings (SSSR count). The molecular formula is C16H18N4O3. The largest absolute Gasteiger partial charge is 0.396 e. The molecular weight excluding hydrogens is 296 g/mol. The topological polar surface area (TPSA) is 91.3 Å². The van der Waals surface area contributed by atoms with E-state index in [0.29, 0.717) is 17.8 Å². The third kappa shape index (κ3) is 4.33. The summed E-state index contributed by atoms with van der Waals surface area (Å²) >= 11 is 0. The van der Waals surface area contributed by atoms with E-state index in [-0.39, 0.29) is 12.3 Å². The summed E-state index contributed by atoms with van der Waals surface area (Å²) in [6.07, 6.45) is 0.536. The summed E-state index contributed by atoms with van der Waals surface area (Å²) in [5, 5.41) is 28.0. The highest BCUT2D eigenvalue weighted by Crippen LogP contribution is 2.27. The number of nitro groups is 1. The first-order chi connectivity index (χ1) is 11.0. The molecule has 0 spiro atoms. The minimum absolute atomic E-state index is 0.0181. The summed E-state index contributed by atoms with van der Waals surface area (Å²) in [5.41, 5.74) is 3.23. The molecule has 0 aliphatic carbocycles. The first kappa shape index (κ1) is 16.6. The molecule has 0 amide bonds. The fraction of sp³-hybridized carbons (Fsp3) is 0.250. The number of nitro benzene ring substituents is 1. The predicted molar refractivity (Wildman–Crippen MR) is 88.8 cm³/mol. The SMILES string of the molecule is CN(C)c1ccc(/N=N/c2ccc([N+](=O)[O-])cc2)cc1CCO. The van der Waals surface area contributed by atoms with E-state index in [1.807, 2.05) is 37.2 Å². The van der Waals surface area contributed by atoms with Crippen LogP contribution in [0.1, 0.15) is 5.56 Å². The second kappa shape index (κ2) is 7.46. The van der Waals surface area contributed by atoms with Crippen LogP contribution in [0.25, 0.3) is 0 Å². The molecule has 1 N–H and O–H groups in total. The van der Waals surface area contributed by atoms with Crippen LogP contribution in [-0.2, 0) is 6.42 Å². The minimum atomic E-state index is -0.456. The second-order valence-corrected chi connectivity index (χ2v) is 5.15. The van der Waals surface area contributed by atoms with E-state index in [2.05, 4.69) is 10.2 Å². The van der Waals surface area contributed by atoms with Gasteiger partial charge in [-0.3, -0.25) is 10.1 Å². The molecule has 2 aromatic rings. The molecule has 7 heteroatoms. The lowest BCUT2D eigenvalue weighted by atomic mass is 10.1. The Balaban J connectivity index is 2.21. The van der Waals surface area contributed by atoms with Crippen LogP contribution in [0.3, 0.4) is 0 Å². The lowest BCUT2D eigenvalue weighted by Gasteiger charge is -2.17. The van der Waals surface area contributed by atoms with E-state index in [1.165, 1.54) is 12.1 Å². The zero-order chi connectivity index (χ0) is 16.8. The van der Waals surface area contributed by atoms with Crippen molar-refractivity contribution in [1.82, 2.24) is 0 Å². The molecule has 0 aliphatic rings. The number of hydrogen-bond donors (Lipinski definition) is 1. The van der Waals surface area contributed by atoms with E-state index in [1.54, 1.807) is 12.1 Å². The summed E-state index contributed by atoms with van der Waals surface area (Å²) in [6.45, 7) is 0.0593. The Hall–Kier alpha value is -2.80. The van der Waals surface area contributed by atoms with E-state index >= 15 is 0 Å². The van der Waals surface area contributed by atoms with Gasteiger partial charge in [0.25, 0.3) is 5.69 Å². The first-order valence-corrected chi connectivity index (χ1v) is 7.08. The summed E-state index contributed by atoms with van der Waals surface area (Å²) in [7, 11) is 3.88. The summed E-state index contributed by atoms with van der Waals surface area (Å²) in [6, 6.07) is 11.5. The lowest BCUT2D eigenvalue weighted by Crippen LogP contribution is -2.11. The molecule has 0 saturated heterocycles. The van der Waals surface area contributed by atoms with Gasteiger partial charge >= 0.3 is 0 Å². The van der Waals surface area contributed by atoms with Crippen molar-refractivity contribution in [1.29, 1.82) is 0 Å². The van der Waals surface area contributed by atoms with E-state index in [9.17, 15) is 10.1 Å². The Morgan fingerprint density at radius 2 is 1.70 bits per heavy atom. The standard InChI is InChI=1S/C16H18N4O3/c1-19(2)16-8-5-14(11-12(16)9-10-21)18-17-13-3-6-15(7-4-13)20(22)23/h3-8,11,21H,9-10H2,1-2H3/b18-17+. The van der Waals surface area contributed by atoms with Crippen LogP contribution >= 0.6 is 0 Å². The van der Waals surface area contributed by atoms with Crippen molar-refractivity contribution in [2.45, 2.75) is 6.42 Å². The molecule has 2 aromatic carbocycles. The number of non-ortho nitro benzene ring substituents is 1. The van der Waals surface area contributed by atoms with Gasteiger partial charge in [-0.25, -0.2) is 0 Å². The Bertz CT molecular complexity index is 712. The molecule has 7 nitrogen and oxygen atoms in total. The van der Waals surface area contributed by atoms with E-state index in [4.69, 9.17) is 5.11 Å². The van der Waals surface area contributed by atoms with Crippen molar-refractivity contribution in [3.63, 3.8) is 0 Å². The predicted octanol–water partition coefficient (Wildman–Crippen LogP) is 3.61. The molecule has 0 aliphatic heterocycles. The van der Waals surface area contributed by atoms with Gasteiger partial charge in [-0.15, -0.1) is 0 Å². The maximum Gasteiger partial charge on any atom is 0.269 e. The average molecular weight is 314 g/mol. The van der Waals surface area contributed by atoms with Crippen molar-refractivity contribution >= 4 is 22.7 Å². The highest BCUT2D eigenvalue weighted by molar-refractivity contribution is 5.59. The van der Waals surface area contributed by atoms with Gasteiger partial charge in [-0.1, -0.05) is 0 Å². The number of aliphatic hydroxyl groups excluding tert-OH is 1. The van der Waals surface area contributed by atoms with Crippen LogP contribution in [-0.4, -0.2) is 30.7 Å². The van der Waals surface area contributed by atoms with Crippen LogP contribution in [0.4, 0.5) is 22.7 Å². The molecule has 0 radical (unpaired) electrons. The molecule has 0 saturated carbocycles. The van der Waals surface area contributed by atoms with E-state index in [0.717, 1.165) is 11.3 Å². The maximum absolute atomic E-state index is 10.6. The maximum atomic E-state index is 10.6. The quantitative estimate of drug-likeness (QED) is 0.501. The molecule has 0 fully saturated rings. The van der Waals surface area contributed by atoms with Gasteiger partial charge in [-0.05, 0) is 42.3 Å². The molecule has 0 unspecified atom stereocenters. The lowest BCUT2D eigenvalue weighted by molar-refractivity contribution is -0.384. The van der Waals surface area contributed by atoms with Gasteiger partial charge in [0.2, 0.25) is 0 Å². The van der Waals surface area contributed by atoms with Gasteiger partial charge in [0.15, 0.2) is 0 Å². The highest BCUT2D eigenvalue weighted by Gasteiger charge is 2.06. The van der Waals surface area contributed by atoms with Crippen molar-refractivity contribution < 1.29 is 10.0 Å². The molecule has 0 bridgehead atoms. The molecule has 120 valence electrons. The Morgan fingerprint density at radius 1 is 1.09 bits per heavy atom. The molecule has 0 heterocycles. The summed E-state index contributed by atoms with van der Waals surface area (Å²) in [5.74, 6) is 0. The van der Waals surface area contributed by atoms with Crippen LogP contribution in [0, 0.1) is 10.1 Å². The number of benzene rings is 2. The summed E-state index contributed by atoms with van der Waals surface area (Å²) in [4.78, 5) is 12.1. The fourth-order valence-corrected chi connectivity index (χ4v) is 2.15. The number of azo groups is 1. The number of hydrogen-bond acceptors (Lipinski definition) is 6. The third-order valence-electron chi connectivity index (χ3n) is 3.27. The van der Waals surface area contributed by atoms with Crippen molar-refractivity contribution in [2.75, 3.05) is 25.6 Å². The number of aliphatic hydroxyl groups is 1. The van der Waals surface area contributed by atoms with Crippen LogP contribution in [0.15, 0.2) is 52.7 Å². The monoisotopic (exact) mass is 314 g/mol. The van der Waals surface area contributed by atoms with Crippen molar-refractivity contribution in [3.05, 3.63) is 58.1 Å². The zero-order valence-corrected chi connectivity index (χ0v) is 13.0. The number of anilines is 1. The van der Waals surface area contributed by atoms with E-state index < -0.39 is 4.92 Å². The smallest absolute Gasteiger partial charge is 0.269 e. The summed E-state index contributed by atoms with van der Waals surface area (Å²) < 4.78 is 0. The third-order valence-corrected chi connectivity index (χ3v) is 3.27. The fourth-order valence-electron chi connectivity index (χ4n) is 2.15. The number of nitrogens with zero attached hydrogens (tertiary/aromatic N) is 4. The van der Waals surface area contributed by atoms with Crippen LogP contribution in [0.2, 0.25) is 0 Å². The van der Waals surface area contributed by atoms with Crippen LogP contribution < -0.4 is 4.90 Å². The van der Waals surface area contributed by atoms with Gasteiger partial charge < -0.3 is 10.0 Å². The van der Waals surface area contributed by atoms with Gasteiger partial charge in [-0.2, -0.15) is 10.2 Å². The molecule has 0 aromatic heterocycles. The second-order valence-electron chi connectivity index (χ2n) is 5.15. The minimum Gasteiger partial charge on any atom is -0.396 e. The first-order valence-electron chi connectivity index (χ1n) is 7.08. The Morgan fingerprint density at radius 3 is 2.26 bits per heavy atom. The van der Waals surface area contributed by atoms with Gasteiger partial charge in [0.05, 0.1) is 16.3 Å². The Labute approximate surface area is 134 Å². The number of rotatable bonds is 6. The normalized spacial score (nSPS) is 10.9. The zero-order valence-electron chi connectivity index (χ0n) is 13.0. The molecule has 0 atom stereocenters. The van der Waals surface area contributed by atoms with Crippen LogP contribution in [0.5, 0.6) is 0 Å². The van der Waals surface area contributed by atoms with Crippen molar-refractivity contribution in [2.24, 2.45) is 10.2 Å². The molecule has 23 heavy (non-hydrogen) atoms. The van der Waals surface area contributed by atoms with Crippen molar-refractivity contribution in [3.8, 4) is 0 Å². The average Bonchev–Trinajstić information content (AvgIpc) is 2.53. The van der Waals surface area contributed by atoms with Gasteiger partial charge in [0.1, 0.15) is 0 Å². The highest BCUT2D eigenvalue weighted by atomic mass is 16.6. The Kier molecular flexibility index (Phi) is 5.37.